The lowest BCUT2D eigenvalue weighted by Gasteiger charge is -2.16. The number of carbonyl (C=O) groups is 1. The number of benzene rings is 1. The molecule has 6 nitrogen and oxygen atoms in total. The average molecular weight is 330 g/mol. The van der Waals surface area contributed by atoms with Gasteiger partial charge in [-0.25, -0.2) is 0 Å². The quantitative estimate of drug-likeness (QED) is 0.308. The van der Waals surface area contributed by atoms with Gasteiger partial charge in [-0.1, -0.05) is 18.2 Å². The minimum atomic E-state index is -0.123. The topological polar surface area (TPSA) is 74.8 Å². The van der Waals surface area contributed by atoms with Gasteiger partial charge in [0.25, 0.3) is 5.91 Å². The highest BCUT2D eigenvalue weighted by Crippen LogP contribution is 2.12. The Bertz CT molecular complexity index is 590. The van der Waals surface area contributed by atoms with Gasteiger partial charge in [0.05, 0.1) is 13.7 Å². The highest BCUT2D eigenvalue weighted by atomic mass is 16.5. The number of nitrogens with zero attached hydrogens (tertiary/aromatic N) is 1. The normalized spacial score (nSPS) is 14.5. The van der Waals surface area contributed by atoms with Crippen molar-refractivity contribution in [1.82, 2.24) is 16.0 Å². The van der Waals surface area contributed by atoms with Crippen LogP contribution in [0.2, 0.25) is 0 Å². The molecule has 0 saturated carbocycles. The second-order valence-corrected chi connectivity index (χ2v) is 5.53. The van der Waals surface area contributed by atoms with Crippen LogP contribution in [-0.2, 0) is 0 Å². The van der Waals surface area contributed by atoms with Crippen LogP contribution in [-0.4, -0.2) is 44.7 Å². The van der Waals surface area contributed by atoms with Gasteiger partial charge in [-0.05, 0) is 38.0 Å². The molecule has 0 heterocycles. The van der Waals surface area contributed by atoms with Crippen LogP contribution in [0.4, 0.5) is 0 Å². The molecule has 1 aromatic carbocycles. The van der Waals surface area contributed by atoms with E-state index >= 15 is 0 Å². The maximum atomic E-state index is 12.1. The monoisotopic (exact) mass is 330 g/mol. The maximum Gasteiger partial charge on any atom is 0.251 e. The minimum Gasteiger partial charge on any atom is -0.497 e. The number of methoxy groups -OCH3 is 1. The summed E-state index contributed by atoms with van der Waals surface area (Å²) in [6, 6.07) is 7.51. The van der Waals surface area contributed by atoms with E-state index in [0.717, 1.165) is 25.3 Å². The highest BCUT2D eigenvalue weighted by molar-refractivity contribution is 5.94. The van der Waals surface area contributed by atoms with Crippen LogP contribution in [0.1, 0.15) is 30.1 Å². The molecule has 1 aliphatic rings. The van der Waals surface area contributed by atoms with Crippen LogP contribution in [0, 0.1) is 0 Å². The molecule has 6 heteroatoms. The number of hydrogen-bond acceptors (Lipinski definition) is 3. The lowest BCUT2D eigenvalue weighted by Crippen LogP contribution is -2.43. The Morgan fingerprint density at radius 1 is 1.29 bits per heavy atom. The second kappa shape index (κ2) is 9.60. The van der Waals surface area contributed by atoms with E-state index in [0.29, 0.717) is 30.4 Å². The number of rotatable bonds is 7. The van der Waals surface area contributed by atoms with Crippen molar-refractivity contribution in [2.75, 3.05) is 26.7 Å². The van der Waals surface area contributed by atoms with E-state index < -0.39 is 0 Å². The van der Waals surface area contributed by atoms with Crippen LogP contribution in [0.25, 0.3) is 0 Å². The fourth-order valence-electron chi connectivity index (χ4n) is 2.45. The molecule has 0 unspecified atom stereocenters. The van der Waals surface area contributed by atoms with Crippen molar-refractivity contribution in [3.8, 4) is 5.75 Å². The predicted octanol–water partition coefficient (Wildman–Crippen LogP) is 1.70. The fraction of sp³-hybridized carbons (Fsp3) is 0.444. The van der Waals surface area contributed by atoms with Crippen LogP contribution in [0.15, 0.2) is 41.4 Å². The first-order chi connectivity index (χ1) is 11.7. The maximum absolute atomic E-state index is 12.1. The van der Waals surface area contributed by atoms with E-state index in [1.54, 1.807) is 25.3 Å². The molecule has 130 valence electrons. The highest BCUT2D eigenvalue weighted by Gasteiger charge is 2.11. The largest absolute Gasteiger partial charge is 0.497 e. The summed E-state index contributed by atoms with van der Waals surface area (Å²) in [5.41, 5.74) is 0.584. The van der Waals surface area contributed by atoms with E-state index in [2.05, 4.69) is 33.1 Å². The third kappa shape index (κ3) is 5.61. The number of amides is 1. The van der Waals surface area contributed by atoms with Crippen molar-refractivity contribution in [2.24, 2.45) is 4.99 Å². The van der Waals surface area contributed by atoms with Crippen molar-refractivity contribution < 1.29 is 9.53 Å². The zero-order valence-corrected chi connectivity index (χ0v) is 14.3. The molecule has 0 aliphatic heterocycles. The summed E-state index contributed by atoms with van der Waals surface area (Å²) >= 11 is 0. The third-order valence-electron chi connectivity index (χ3n) is 3.69. The Morgan fingerprint density at radius 3 is 2.79 bits per heavy atom. The molecule has 2 rings (SSSR count). The van der Waals surface area contributed by atoms with Gasteiger partial charge in [0.15, 0.2) is 5.96 Å². The minimum absolute atomic E-state index is 0.123. The second-order valence-electron chi connectivity index (χ2n) is 5.53. The van der Waals surface area contributed by atoms with E-state index in [1.807, 2.05) is 13.0 Å². The average Bonchev–Trinajstić information content (AvgIpc) is 3.11. The van der Waals surface area contributed by atoms with Crippen molar-refractivity contribution >= 4 is 11.9 Å². The van der Waals surface area contributed by atoms with Crippen molar-refractivity contribution in [3.63, 3.8) is 0 Å². The van der Waals surface area contributed by atoms with E-state index in [-0.39, 0.29) is 5.91 Å². The summed E-state index contributed by atoms with van der Waals surface area (Å²) < 4.78 is 5.13. The predicted molar refractivity (Wildman–Crippen MR) is 96.6 cm³/mol. The van der Waals surface area contributed by atoms with Crippen LogP contribution >= 0.6 is 0 Å². The van der Waals surface area contributed by atoms with Crippen LogP contribution in [0.5, 0.6) is 5.75 Å². The first-order valence-electron chi connectivity index (χ1n) is 8.35. The summed E-state index contributed by atoms with van der Waals surface area (Å²) in [4.78, 5) is 16.6. The molecular formula is C18H26N4O2. The Hall–Kier alpha value is -2.50. The Balaban J connectivity index is 1.78. The molecule has 3 N–H and O–H groups in total. The van der Waals surface area contributed by atoms with Gasteiger partial charge in [-0.15, -0.1) is 0 Å². The number of carbonyl (C=O) groups excluding carboxylic acids is 1. The number of nitrogens with one attached hydrogen (secondary N) is 3. The lowest BCUT2D eigenvalue weighted by molar-refractivity contribution is 0.0954. The molecule has 1 aliphatic carbocycles. The smallest absolute Gasteiger partial charge is 0.251 e. The van der Waals surface area contributed by atoms with Crippen molar-refractivity contribution in [1.29, 1.82) is 0 Å². The zero-order valence-electron chi connectivity index (χ0n) is 14.3. The summed E-state index contributed by atoms with van der Waals surface area (Å²) in [5, 5.41) is 9.50. The molecule has 0 atom stereocenters. The van der Waals surface area contributed by atoms with Crippen molar-refractivity contribution in [2.45, 2.75) is 25.8 Å². The molecular weight excluding hydrogens is 304 g/mol. The number of aliphatic imine (C=N–C) groups is 1. The standard InChI is InChI=1S/C18H26N4O2/c1-3-19-18(22-15-8-4-5-9-15)21-12-11-20-17(23)14-7-6-10-16(13-14)24-2/h4-7,10,13,15H,3,8-9,11-12H2,1-2H3,(H,20,23)(H2,19,21,22). The van der Waals surface area contributed by atoms with E-state index in [1.165, 1.54) is 0 Å². The van der Waals surface area contributed by atoms with Gasteiger partial charge in [-0.3, -0.25) is 9.79 Å². The van der Waals surface area contributed by atoms with Crippen LogP contribution < -0.4 is 20.7 Å². The molecule has 0 bridgehead atoms. The Morgan fingerprint density at radius 2 is 2.08 bits per heavy atom. The number of guanidine groups is 1. The molecule has 0 spiro atoms. The van der Waals surface area contributed by atoms with Gasteiger partial charge in [0.1, 0.15) is 5.75 Å². The molecule has 1 aromatic rings. The van der Waals surface area contributed by atoms with Gasteiger partial charge in [0, 0.05) is 24.7 Å². The van der Waals surface area contributed by atoms with Gasteiger partial charge in [-0.2, -0.15) is 0 Å². The molecule has 0 saturated heterocycles. The van der Waals surface area contributed by atoms with Crippen molar-refractivity contribution in [3.05, 3.63) is 42.0 Å². The molecule has 0 radical (unpaired) electrons. The van der Waals surface area contributed by atoms with Gasteiger partial charge >= 0.3 is 0 Å². The summed E-state index contributed by atoms with van der Waals surface area (Å²) in [6.07, 6.45) is 6.40. The lowest BCUT2D eigenvalue weighted by atomic mass is 10.2. The number of ether oxygens (including phenoxy) is 1. The molecule has 24 heavy (non-hydrogen) atoms. The zero-order chi connectivity index (χ0) is 17.2. The molecule has 0 fully saturated rings. The fourth-order valence-corrected chi connectivity index (χ4v) is 2.45. The number of hydrogen-bond donors (Lipinski definition) is 3. The summed E-state index contributed by atoms with van der Waals surface area (Å²) in [6.45, 7) is 3.84. The Labute approximate surface area is 143 Å². The van der Waals surface area contributed by atoms with E-state index in [9.17, 15) is 4.79 Å². The van der Waals surface area contributed by atoms with Crippen LogP contribution in [0.3, 0.4) is 0 Å². The third-order valence-corrected chi connectivity index (χ3v) is 3.69. The van der Waals surface area contributed by atoms with Gasteiger partial charge < -0.3 is 20.7 Å². The van der Waals surface area contributed by atoms with Gasteiger partial charge in [0.2, 0.25) is 0 Å². The molecule has 1 amide bonds. The first kappa shape index (κ1) is 17.8. The molecule has 0 aromatic heterocycles. The first-order valence-corrected chi connectivity index (χ1v) is 8.35. The summed E-state index contributed by atoms with van der Waals surface area (Å²) in [7, 11) is 1.58. The Kier molecular flexibility index (Phi) is 7.14. The van der Waals surface area contributed by atoms with E-state index in [4.69, 9.17) is 4.74 Å². The SMILES string of the molecule is CCNC(=NCCNC(=O)c1cccc(OC)c1)NC1CC=CC1. The summed E-state index contributed by atoms with van der Waals surface area (Å²) in [5.74, 6) is 1.34.